The Bertz CT molecular complexity index is 918. The van der Waals surface area contributed by atoms with Gasteiger partial charge in [0.25, 0.3) is 5.91 Å². The highest BCUT2D eigenvalue weighted by molar-refractivity contribution is 5.93. The summed E-state index contributed by atoms with van der Waals surface area (Å²) in [6.07, 6.45) is 1.74. The first-order valence-corrected chi connectivity index (χ1v) is 10.5. The zero-order valence-electron chi connectivity index (χ0n) is 17.7. The Labute approximate surface area is 172 Å². The van der Waals surface area contributed by atoms with Crippen LogP contribution in [0.2, 0.25) is 0 Å². The molecule has 154 valence electrons. The number of aromatic nitrogens is 2. The van der Waals surface area contributed by atoms with E-state index in [4.69, 9.17) is 0 Å². The van der Waals surface area contributed by atoms with E-state index >= 15 is 0 Å². The van der Waals surface area contributed by atoms with Gasteiger partial charge in [0.05, 0.1) is 11.7 Å². The number of amides is 2. The predicted molar refractivity (Wildman–Crippen MR) is 112 cm³/mol. The molecule has 2 heterocycles. The molecule has 2 amide bonds. The first kappa shape index (κ1) is 19.7. The number of hydrogen-bond acceptors (Lipinski definition) is 3. The van der Waals surface area contributed by atoms with Crippen LogP contribution in [0.5, 0.6) is 0 Å². The zero-order valence-corrected chi connectivity index (χ0v) is 17.7. The average molecular weight is 395 g/mol. The molecule has 1 N–H and O–H groups in total. The molecule has 1 aliphatic heterocycles. The number of aryl methyl sites for hydroxylation is 1. The molecule has 1 saturated carbocycles. The van der Waals surface area contributed by atoms with Gasteiger partial charge >= 0.3 is 0 Å². The summed E-state index contributed by atoms with van der Waals surface area (Å²) in [4.78, 5) is 27.4. The molecule has 4 rings (SSSR count). The monoisotopic (exact) mass is 394 g/mol. The summed E-state index contributed by atoms with van der Waals surface area (Å²) in [5, 5.41) is 7.78. The van der Waals surface area contributed by atoms with Crippen LogP contribution in [0, 0.1) is 17.3 Å². The first-order valence-electron chi connectivity index (χ1n) is 10.5. The molecule has 6 nitrogen and oxygen atoms in total. The van der Waals surface area contributed by atoms with Crippen molar-refractivity contribution >= 4 is 11.8 Å². The maximum absolute atomic E-state index is 13.1. The van der Waals surface area contributed by atoms with Gasteiger partial charge in [-0.15, -0.1) is 0 Å². The molecule has 2 aromatic rings. The van der Waals surface area contributed by atoms with Gasteiger partial charge in [-0.05, 0) is 42.4 Å². The zero-order chi connectivity index (χ0) is 20.8. The third-order valence-corrected chi connectivity index (χ3v) is 6.42. The Kier molecular flexibility index (Phi) is 4.97. The maximum Gasteiger partial charge on any atom is 0.274 e. The smallest absolute Gasteiger partial charge is 0.274 e. The first-order chi connectivity index (χ1) is 13.8. The van der Waals surface area contributed by atoms with Crippen molar-refractivity contribution in [1.29, 1.82) is 0 Å². The fourth-order valence-corrected chi connectivity index (χ4v) is 4.25. The van der Waals surface area contributed by atoms with Crippen molar-refractivity contribution in [3.05, 3.63) is 47.8 Å². The Morgan fingerprint density at radius 1 is 1.21 bits per heavy atom. The Morgan fingerprint density at radius 2 is 1.90 bits per heavy atom. The third kappa shape index (κ3) is 3.80. The summed E-state index contributed by atoms with van der Waals surface area (Å²) in [5.41, 5.74) is 2.54. The highest BCUT2D eigenvalue weighted by Gasteiger charge is 2.51. The van der Waals surface area contributed by atoms with Crippen LogP contribution in [0.25, 0.3) is 5.69 Å². The minimum absolute atomic E-state index is 0.00436. The molecule has 0 bridgehead atoms. The van der Waals surface area contributed by atoms with Crippen molar-refractivity contribution in [1.82, 2.24) is 20.0 Å². The van der Waals surface area contributed by atoms with Crippen LogP contribution < -0.4 is 5.32 Å². The molecule has 1 aliphatic carbocycles. The number of para-hydroxylation sites is 1. The quantitative estimate of drug-likeness (QED) is 0.848. The fraction of sp³-hybridized carbons (Fsp3) is 0.522. The summed E-state index contributed by atoms with van der Waals surface area (Å²) in [6, 6.07) is 11.8. The van der Waals surface area contributed by atoms with Gasteiger partial charge in [-0.25, -0.2) is 4.68 Å². The number of hydrogen-bond donors (Lipinski definition) is 1. The molecule has 1 saturated heterocycles. The molecular weight excluding hydrogens is 364 g/mol. The van der Waals surface area contributed by atoms with E-state index in [0.717, 1.165) is 24.2 Å². The maximum atomic E-state index is 13.1. The third-order valence-electron chi connectivity index (χ3n) is 6.42. The van der Waals surface area contributed by atoms with Gasteiger partial charge in [-0.3, -0.25) is 9.59 Å². The van der Waals surface area contributed by atoms with E-state index in [1.807, 2.05) is 46.0 Å². The summed E-state index contributed by atoms with van der Waals surface area (Å²) >= 11 is 0. The van der Waals surface area contributed by atoms with Crippen LogP contribution in [0.3, 0.4) is 0 Å². The summed E-state index contributed by atoms with van der Waals surface area (Å²) in [7, 11) is 0. The second-order valence-electron chi connectivity index (χ2n) is 9.17. The van der Waals surface area contributed by atoms with Crippen LogP contribution in [0.15, 0.2) is 36.4 Å². The highest BCUT2D eigenvalue weighted by atomic mass is 16.2. The molecule has 3 atom stereocenters. The molecule has 1 aromatic heterocycles. The van der Waals surface area contributed by atoms with Crippen LogP contribution in [0.4, 0.5) is 0 Å². The van der Waals surface area contributed by atoms with E-state index in [0.29, 0.717) is 18.8 Å². The Hall–Kier alpha value is -2.63. The number of carbonyl (C=O) groups is 2. The minimum atomic E-state index is -0.0651. The number of benzene rings is 1. The Morgan fingerprint density at radius 3 is 2.52 bits per heavy atom. The lowest BCUT2D eigenvalue weighted by Crippen LogP contribution is -2.41. The number of rotatable bonds is 5. The summed E-state index contributed by atoms with van der Waals surface area (Å²) in [5.74, 6) is 0.396. The molecular formula is C23H30N4O2. The Balaban J connectivity index is 1.46. The molecule has 29 heavy (non-hydrogen) atoms. The van der Waals surface area contributed by atoms with E-state index in [2.05, 4.69) is 38.1 Å². The van der Waals surface area contributed by atoms with Crippen LogP contribution in [-0.4, -0.2) is 45.6 Å². The van der Waals surface area contributed by atoms with Crippen molar-refractivity contribution in [2.24, 2.45) is 17.3 Å². The van der Waals surface area contributed by atoms with E-state index in [1.54, 1.807) is 0 Å². The van der Waals surface area contributed by atoms with Crippen LogP contribution >= 0.6 is 0 Å². The van der Waals surface area contributed by atoms with Gasteiger partial charge in [-0.1, -0.05) is 45.9 Å². The van der Waals surface area contributed by atoms with Crippen LogP contribution in [-0.2, 0) is 11.2 Å². The van der Waals surface area contributed by atoms with Crippen molar-refractivity contribution in [3.8, 4) is 5.69 Å². The second-order valence-corrected chi connectivity index (χ2v) is 9.17. The van der Waals surface area contributed by atoms with Gasteiger partial charge in [0, 0.05) is 24.7 Å². The van der Waals surface area contributed by atoms with E-state index < -0.39 is 0 Å². The van der Waals surface area contributed by atoms with E-state index in [1.165, 1.54) is 0 Å². The molecule has 2 aliphatic rings. The van der Waals surface area contributed by atoms with E-state index in [-0.39, 0.29) is 35.1 Å². The van der Waals surface area contributed by atoms with Crippen molar-refractivity contribution < 1.29 is 9.59 Å². The molecule has 6 heteroatoms. The fourth-order valence-electron chi connectivity index (χ4n) is 4.25. The van der Waals surface area contributed by atoms with E-state index in [9.17, 15) is 9.59 Å². The number of nitrogens with zero attached hydrogens (tertiary/aromatic N) is 3. The average Bonchev–Trinajstić information content (AvgIpc) is 3.04. The number of nitrogens with one attached hydrogen (secondary N) is 1. The van der Waals surface area contributed by atoms with Crippen molar-refractivity contribution in [2.45, 2.75) is 46.6 Å². The number of carbonyl (C=O) groups excluding carboxylic acids is 2. The molecule has 0 spiro atoms. The lowest BCUT2D eigenvalue weighted by molar-refractivity contribution is -0.123. The lowest BCUT2D eigenvalue weighted by Gasteiger charge is -2.17. The largest absolute Gasteiger partial charge is 0.351 e. The van der Waals surface area contributed by atoms with Gasteiger partial charge < -0.3 is 10.2 Å². The van der Waals surface area contributed by atoms with Crippen molar-refractivity contribution in [2.75, 3.05) is 13.1 Å². The molecule has 0 unspecified atom stereocenters. The number of likely N-dealkylation sites (tertiary alicyclic amines) is 1. The highest BCUT2D eigenvalue weighted by Crippen LogP contribution is 2.51. The normalized spacial score (nSPS) is 25.1. The molecule has 1 aromatic carbocycles. The van der Waals surface area contributed by atoms with Crippen LogP contribution in [0.1, 0.15) is 50.3 Å². The van der Waals surface area contributed by atoms with Crippen molar-refractivity contribution in [3.63, 3.8) is 0 Å². The second kappa shape index (κ2) is 7.32. The predicted octanol–water partition coefficient (Wildman–Crippen LogP) is 3.06. The lowest BCUT2D eigenvalue weighted by atomic mass is 10.1. The molecule has 0 radical (unpaired) electrons. The van der Waals surface area contributed by atoms with Gasteiger partial charge in [0.2, 0.25) is 5.91 Å². The molecule has 2 fully saturated rings. The minimum Gasteiger partial charge on any atom is -0.351 e. The summed E-state index contributed by atoms with van der Waals surface area (Å²) in [6.45, 7) is 9.58. The topological polar surface area (TPSA) is 67.2 Å². The van der Waals surface area contributed by atoms with Gasteiger partial charge in [0.15, 0.2) is 5.69 Å². The van der Waals surface area contributed by atoms with Gasteiger partial charge in [0.1, 0.15) is 0 Å². The summed E-state index contributed by atoms with van der Waals surface area (Å²) < 4.78 is 1.85. The SMILES string of the molecule is CCc1cc(C(=O)N2C[C@@H](C)[C@H](NC(=O)[C@H]3CC3(C)C)C2)nn1-c1ccccc1. The standard InChI is InChI=1S/C23H30N4O2/c1-5-16-11-19(25-27(16)17-9-7-6-8-10-17)22(29)26-13-15(2)20(14-26)24-21(28)18-12-23(18,3)4/h6-11,15,18,20H,5,12-14H2,1-4H3,(H,24,28)/t15-,18-,20-/m1/s1. The van der Waals surface area contributed by atoms with Gasteiger partial charge in [-0.2, -0.15) is 5.10 Å².